The van der Waals surface area contributed by atoms with E-state index in [1.54, 1.807) is 12.5 Å². The number of aryl methyl sites for hydroxylation is 2. The van der Waals surface area contributed by atoms with Gasteiger partial charge in [0.15, 0.2) is 17.4 Å². The first-order chi connectivity index (χ1) is 7.31. The fraction of sp³-hybridized carbons (Fsp3) is 0.364. The number of rotatable bonds is 4. The van der Waals surface area contributed by atoms with Crippen LogP contribution in [0.25, 0.3) is 11.5 Å². The summed E-state index contributed by atoms with van der Waals surface area (Å²) in [7, 11) is 0. The third kappa shape index (κ3) is 2.23. The number of oxazole rings is 1. The first-order valence-corrected chi connectivity index (χ1v) is 5.40. The third-order valence-corrected chi connectivity index (χ3v) is 2.43. The van der Waals surface area contributed by atoms with Crippen molar-refractivity contribution in [2.24, 2.45) is 0 Å². The minimum Gasteiger partial charge on any atom is -0.461 e. The van der Waals surface area contributed by atoms with Crippen LogP contribution in [0.4, 0.5) is 0 Å². The molecule has 0 aromatic carbocycles. The van der Waals surface area contributed by atoms with E-state index in [-0.39, 0.29) is 0 Å². The Kier molecular flexibility index (Phi) is 3.11. The lowest BCUT2D eigenvalue weighted by molar-refractivity contribution is 0.479. The first-order valence-electron chi connectivity index (χ1n) is 4.86. The highest BCUT2D eigenvalue weighted by atomic mass is 35.5. The Morgan fingerprint density at radius 3 is 3.00 bits per heavy atom. The molecule has 2 aromatic heterocycles. The van der Waals surface area contributed by atoms with Crippen LogP contribution in [0.5, 0.6) is 0 Å². The van der Waals surface area contributed by atoms with Gasteiger partial charge in [0.25, 0.3) is 0 Å². The molecule has 0 spiro atoms. The van der Waals surface area contributed by atoms with Gasteiger partial charge in [-0.2, -0.15) is 0 Å². The predicted octanol–water partition coefficient (Wildman–Crippen LogP) is 3.41. The zero-order valence-electron chi connectivity index (χ0n) is 8.50. The maximum absolute atomic E-state index is 5.60. The topological polar surface area (TPSA) is 39.2 Å². The smallest absolute Gasteiger partial charge is 0.195 e. The monoisotopic (exact) mass is 225 g/mol. The van der Waals surface area contributed by atoms with Crippen LogP contribution < -0.4 is 0 Å². The molecule has 0 aliphatic heterocycles. The van der Waals surface area contributed by atoms with Gasteiger partial charge in [-0.25, -0.2) is 4.98 Å². The summed E-state index contributed by atoms with van der Waals surface area (Å²) in [6, 6.07) is 1.90. The average molecular weight is 226 g/mol. The lowest BCUT2D eigenvalue weighted by Crippen LogP contribution is -1.84. The summed E-state index contributed by atoms with van der Waals surface area (Å²) in [5.41, 5.74) is 1.05. The number of halogens is 1. The number of aromatic nitrogens is 1. The molecule has 0 radical (unpaired) electrons. The molecule has 80 valence electrons. The van der Waals surface area contributed by atoms with Crippen LogP contribution in [0.3, 0.4) is 0 Å². The van der Waals surface area contributed by atoms with Gasteiger partial charge in [0, 0.05) is 12.3 Å². The van der Waals surface area contributed by atoms with Crippen LogP contribution in [0.2, 0.25) is 0 Å². The third-order valence-electron chi connectivity index (χ3n) is 2.16. The summed E-state index contributed by atoms with van der Waals surface area (Å²) in [5.74, 6) is 2.76. The lowest BCUT2D eigenvalue weighted by atomic mass is 10.2. The Hall–Kier alpha value is -1.22. The summed E-state index contributed by atoms with van der Waals surface area (Å²) in [6.07, 6.45) is 4.98. The second kappa shape index (κ2) is 4.53. The number of hydrogen-bond acceptors (Lipinski definition) is 3. The molecular weight excluding hydrogens is 214 g/mol. The molecule has 2 aromatic rings. The van der Waals surface area contributed by atoms with Crippen LogP contribution in [0, 0.1) is 6.92 Å². The SMILES string of the molecule is Cc1ccoc1-c1cnc(CCCCl)o1. The Labute approximate surface area is 93.1 Å². The molecule has 4 heteroatoms. The van der Waals surface area contributed by atoms with Crippen molar-refractivity contribution in [1.29, 1.82) is 0 Å². The standard InChI is InChI=1S/C11H12ClNO2/c1-8-4-6-14-11(8)9-7-13-10(15-9)3-2-5-12/h4,6-7H,2-3,5H2,1H3. The van der Waals surface area contributed by atoms with Crippen molar-refractivity contribution in [3.05, 3.63) is 30.0 Å². The van der Waals surface area contributed by atoms with Crippen molar-refractivity contribution < 1.29 is 8.83 Å². The molecule has 0 amide bonds. The molecule has 2 rings (SSSR count). The molecule has 0 saturated heterocycles. The molecule has 0 aliphatic rings. The van der Waals surface area contributed by atoms with Crippen LogP contribution in [-0.4, -0.2) is 10.9 Å². The molecule has 3 nitrogen and oxygen atoms in total. The largest absolute Gasteiger partial charge is 0.461 e. The van der Waals surface area contributed by atoms with Crippen LogP contribution >= 0.6 is 11.6 Å². The number of hydrogen-bond donors (Lipinski definition) is 0. The van der Waals surface area contributed by atoms with Crippen molar-refractivity contribution in [3.63, 3.8) is 0 Å². The summed E-state index contributed by atoms with van der Waals surface area (Å²) in [6.45, 7) is 1.97. The first kappa shape index (κ1) is 10.3. The number of nitrogens with zero attached hydrogens (tertiary/aromatic N) is 1. The maximum Gasteiger partial charge on any atom is 0.195 e. The Morgan fingerprint density at radius 2 is 2.33 bits per heavy atom. The van der Waals surface area contributed by atoms with E-state index in [0.717, 1.165) is 24.2 Å². The van der Waals surface area contributed by atoms with Gasteiger partial charge in [-0.3, -0.25) is 0 Å². The van der Waals surface area contributed by atoms with E-state index in [0.29, 0.717) is 17.5 Å². The normalized spacial score (nSPS) is 10.8. The zero-order chi connectivity index (χ0) is 10.7. The Balaban J connectivity index is 2.17. The molecule has 0 aliphatic carbocycles. The van der Waals surface area contributed by atoms with Gasteiger partial charge in [-0.1, -0.05) is 0 Å². The average Bonchev–Trinajstić information content (AvgIpc) is 2.83. The molecule has 0 bridgehead atoms. The van der Waals surface area contributed by atoms with Crippen LogP contribution in [0.15, 0.2) is 27.4 Å². The summed E-state index contributed by atoms with van der Waals surface area (Å²) >= 11 is 5.60. The van der Waals surface area contributed by atoms with Crippen molar-refractivity contribution in [3.8, 4) is 11.5 Å². The fourth-order valence-corrected chi connectivity index (χ4v) is 1.51. The fourth-order valence-electron chi connectivity index (χ4n) is 1.37. The predicted molar refractivity (Wildman–Crippen MR) is 58.0 cm³/mol. The quantitative estimate of drug-likeness (QED) is 0.749. The lowest BCUT2D eigenvalue weighted by Gasteiger charge is -1.92. The summed E-state index contributed by atoms with van der Waals surface area (Å²) < 4.78 is 10.9. The van der Waals surface area contributed by atoms with Gasteiger partial charge in [0.05, 0.1) is 12.5 Å². The van der Waals surface area contributed by atoms with Gasteiger partial charge >= 0.3 is 0 Å². The van der Waals surface area contributed by atoms with Crippen LogP contribution in [-0.2, 0) is 6.42 Å². The molecular formula is C11H12ClNO2. The van der Waals surface area contributed by atoms with Gasteiger partial charge in [-0.15, -0.1) is 11.6 Å². The highest BCUT2D eigenvalue weighted by Gasteiger charge is 2.11. The number of alkyl halides is 1. The number of furan rings is 1. The highest BCUT2D eigenvalue weighted by molar-refractivity contribution is 6.17. The van der Waals surface area contributed by atoms with Gasteiger partial charge < -0.3 is 8.83 Å². The van der Waals surface area contributed by atoms with Crippen molar-refractivity contribution >= 4 is 11.6 Å². The molecule has 2 heterocycles. The van der Waals surface area contributed by atoms with Gasteiger partial charge in [-0.05, 0) is 25.0 Å². The van der Waals surface area contributed by atoms with Crippen molar-refractivity contribution in [2.75, 3.05) is 5.88 Å². The van der Waals surface area contributed by atoms with E-state index in [1.807, 2.05) is 13.0 Å². The van der Waals surface area contributed by atoms with E-state index in [1.165, 1.54) is 0 Å². The minimum absolute atomic E-state index is 0.623. The van der Waals surface area contributed by atoms with E-state index < -0.39 is 0 Å². The van der Waals surface area contributed by atoms with Crippen molar-refractivity contribution in [2.45, 2.75) is 19.8 Å². The molecule has 15 heavy (non-hydrogen) atoms. The minimum atomic E-state index is 0.623. The Bertz CT molecular complexity index is 433. The maximum atomic E-state index is 5.60. The van der Waals surface area contributed by atoms with E-state index in [2.05, 4.69) is 4.98 Å². The molecule has 0 unspecified atom stereocenters. The zero-order valence-corrected chi connectivity index (χ0v) is 9.25. The molecule has 0 atom stereocenters. The molecule has 0 saturated carbocycles. The van der Waals surface area contributed by atoms with Crippen molar-refractivity contribution in [1.82, 2.24) is 4.98 Å². The van der Waals surface area contributed by atoms with E-state index in [4.69, 9.17) is 20.4 Å². The molecule has 0 fully saturated rings. The van der Waals surface area contributed by atoms with E-state index >= 15 is 0 Å². The second-order valence-electron chi connectivity index (χ2n) is 3.34. The summed E-state index contributed by atoms with van der Waals surface area (Å²) in [5, 5.41) is 0. The second-order valence-corrected chi connectivity index (χ2v) is 3.72. The van der Waals surface area contributed by atoms with Gasteiger partial charge in [0.2, 0.25) is 0 Å². The Morgan fingerprint density at radius 1 is 1.47 bits per heavy atom. The van der Waals surface area contributed by atoms with Crippen LogP contribution in [0.1, 0.15) is 17.9 Å². The molecule has 0 N–H and O–H groups in total. The van der Waals surface area contributed by atoms with Gasteiger partial charge in [0.1, 0.15) is 0 Å². The van der Waals surface area contributed by atoms with E-state index in [9.17, 15) is 0 Å². The summed E-state index contributed by atoms with van der Waals surface area (Å²) in [4.78, 5) is 4.17. The highest BCUT2D eigenvalue weighted by Crippen LogP contribution is 2.25.